The van der Waals surface area contributed by atoms with Gasteiger partial charge in [0, 0.05) is 35.9 Å². The van der Waals surface area contributed by atoms with E-state index >= 15 is 0 Å². The van der Waals surface area contributed by atoms with E-state index in [0.717, 1.165) is 60.1 Å². The molecule has 8 heteroatoms. The van der Waals surface area contributed by atoms with E-state index in [0.29, 0.717) is 30.2 Å². The van der Waals surface area contributed by atoms with Crippen molar-refractivity contribution in [3.8, 4) is 22.5 Å². The Morgan fingerprint density at radius 2 is 1.74 bits per heavy atom. The van der Waals surface area contributed by atoms with Crippen LogP contribution in [-0.4, -0.2) is 34.7 Å². The molecule has 35 heavy (non-hydrogen) atoms. The third kappa shape index (κ3) is 4.45. The van der Waals surface area contributed by atoms with Gasteiger partial charge < -0.3 is 0 Å². The summed E-state index contributed by atoms with van der Waals surface area (Å²) in [7, 11) is 0. The van der Waals surface area contributed by atoms with Gasteiger partial charge in [-0.05, 0) is 57.9 Å². The average molecular weight is 472 g/mol. The molecule has 1 aromatic carbocycles. The highest BCUT2D eigenvalue weighted by Crippen LogP contribution is 2.53. The highest BCUT2D eigenvalue weighted by molar-refractivity contribution is 5.69. The van der Waals surface area contributed by atoms with Crippen molar-refractivity contribution in [2.24, 2.45) is 11.8 Å². The number of nitrogens with zero attached hydrogens (tertiary/aromatic N) is 6. The first-order valence-corrected chi connectivity index (χ1v) is 12.7. The van der Waals surface area contributed by atoms with Crippen LogP contribution < -0.4 is 5.69 Å². The molecule has 2 atom stereocenters. The molecule has 0 radical (unpaired) electrons. The summed E-state index contributed by atoms with van der Waals surface area (Å²) in [6, 6.07) is 10.5. The lowest BCUT2D eigenvalue weighted by Crippen LogP contribution is -2.26. The Morgan fingerprint density at radius 1 is 1.00 bits per heavy atom. The maximum atomic E-state index is 13.7. The van der Waals surface area contributed by atoms with Crippen LogP contribution in [0.1, 0.15) is 63.8 Å². The van der Waals surface area contributed by atoms with E-state index in [9.17, 15) is 4.79 Å². The molecule has 0 spiro atoms. The van der Waals surface area contributed by atoms with Crippen molar-refractivity contribution in [1.82, 2.24) is 34.7 Å². The number of benzene rings is 1. The van der Waals surface area contributed by atoms with Crippen LogP contribution in [0.2, 0.25) is 0 Å². The largest absolute Gasteiger partial charge is 0.328 e. The smallest absolute Gasteiger partial charge is 0.295 e. The zero-order valence-electron chi connectivity index (χ0n) is 20.7. The van der Waals surface area contributed by atoms with Gasteiger partial charge in [-0.1, -0.05) is 64.3 Å². The van der Waals surface area contributed by atoms with Crippen LogP contribution >= 0.6 is 0 Å². The van der Waals surface area contributed by atoms with E-state index in [1.54, 1.807) is 6.20 Å². The number of aromatic amines is 1. The van der Waals surface area contributed by atoms with Gasteiger partial charge in [0.15, 0.2) is 5.82 Å². The van der Waals surface area contributed by atoms with Crippen molar-refractivity contribution >= 4 is 0 Å². The molecule has 4 aromatic rings. The predicted octanol–water partition coefficient (Wildman–Crippen LogP) is 4.89. The number of hydrogen-bond acceptors (Lipinski definition) is 5. The van der Waals surface area contributed by atoms with Crippen molar-refractivity contribution in [3.63, 3.8) is 0 Å². The van der Waals surface area contributed by atoms with Crippen molar-refractivity contribution in [3.05, 3.63) is 70.7 Å². The molecule has 8 nitrogen and oxygen atoms in total. The van der Waals surface area contributed by atoms with E-state index in [1.165, 1.54) is 0 Å². The van der Waals surface area contributed by atoms with Gasteiger partial charge in [0.2, 0.25) is 0 Å². The molecule has 1 saturated carbocycles. The summed E-state index contributed by atoms with van der Waals surface area (Å²) in [6.07, 6.45) is 11.2. The van der Waals surface area contributed by atoms with Gasteiger partial charge in [0.1, 0.15) is 0 Å². The van der Waals surface area contributed by atoms with Crippen LogP contribution in [0.4, 0.5) is 0 Å². The van der Waals surface area contributed by atoms with Gasteiger partial charge in [0.25, 0.3) is 0 Å². The molecule has 0 amide bonds. The van der Waals surface area contributed by atoms with Crippen LogP contribution in [0.5, 0.6) is 0 Å². The minimum Gasteiger partial charge on any atom is -0.295 e. The molecule has 2 unspecified atom stereocenters. The summed E-state index contributed by atoms with van der Waals surface area (Å²) < 4.78 is 4.01. The van der Waals surface area contributed by atoms with Gasteiger partial charge in [0.05, 0.1) is 6.54 Å². The molecule has 5 rings (SSSR count). The fourth-order valence-corrected chi connectivity index (χ4v) is 5.51. The molecule has 1 aliphatic carbocycles. The molecule has 0 saturated heterocycles. The third-order valence-electron chi connectivity index (χ3n) is 7.47. The van der Waals surface area contributed by atoms with E-state index in [2.05, 4.69) is 64.7 Å². The highest BCUT2D eigenvalue weighted by Gasteiger charge is 2.49. The summed E-state index contributed by atoms with van der Waals surface area (Å²) >= 11 is 0. The number of rotatable bonds is 10. The van der Waals surface area contributed by atoms with Crippen LogP contribution in [0, 0.1) is 11.8 Å². The minimum absolute atomic E-state index is 0.110. The second-order valence-corrected chi connectivity index (χ2v) is 9.49. The number of nitrogens with one attached hydrogen (secondary N) is 1. The molecular formula is C27H33N7O. The summed E-state index contributed by atoms with van der Waals surface area (Å²) in [5.41, 5.74) is 5.34. The number of tetrazole rings is 1. The number of pyridine rings is 1. The van der Waals surface area contributed by atoms with Crippen molar-refractivity contribution in [1.29, 1.82) is 0 Å². The topological polar surface area (TPSA) is 94.3 Å². The number of aromatic nitrogens is 7. The van der Waals surface area contributed by atoms with Crippen molar-refractivity contribution in [2.45, 2.75) is 65.5 Å². The second kappa shape index (κ2) is 9.98. The molecule has 3 heterocycles. The number of hydrogen-bond donors (Lipinski definition) is 1. The first-order chi connectivity index (χ1) is 17.2. The Hall–Kier alpha value is -3.55. The summed E-state index contributed by atoms with van der Waals surface area (Å²) in [5, 5.41) is 14.1. The number of H-pyrrole nitrogens is 1. The molecular weight excluding hydrogens is 438 g/mol. The van der Waals surface area contributed by atoms with Crippen molar-refractivity contribution < 1.29 is 0 Å². The zero-order valence-corrected chi connectivity index (χ0v) is 20.7. The highest BCUT2D eigenvalue weighted by atomic mass is 16.1. The van der Waals surface area contributed by atoms with Gasteiger partial charge >= 0.3 is 5.69 Å². The fourth-order valence-electron chi connectivity index (χ4n) is 5.51. The zero-order chi connectivity index (χ0) is 24.4. The summed E-state index contributed by atoms with van der Waals surface area (Å²) in [4.78, 5) is 18.1. The van der Waals surface area contributed by atoms with Crippen molar-refractivity contribution in [2.75, 3.05) is 0 Å². The molecule has 3 aromatic heterocycles. The first-order valence-electron chi connectivity index (χ1n) is 12.7. The normalized spacial score (nSPS) is 19.2. The maximum Gasteiger partial charge on any atom is 0.328 e. The van der Waals surface area contributed by atoms with E-state index < -0.39 is 0 Å². The molecule has 0 bridgehead atoms. The van der Waals surface area contributed by atoms with E-state index in [1.807, 2.05) is 33.5 Å². The first kappa shape index (κ1) is 23.2. The second-order valence-electron chi connectivity index (χ2n) is 9.49. The lowest BCUT2D eigenvalue weighted by atomic mass is 10.00. The van der Waals surface area contributed by atoms with Gasteiger partial charge in [-0.2, -0.15) is 0 Å². The fraction of sp³-hybridized carbons (Fsp3) is 0.444. The lowest BCUT2D eigenvalue weighted by molar-refractivity contribution is 0.589. The maximum absolute atomic E-state index is 13.7. The summed E-state index contributed by atoms with van der Waals surface area (Å²) in [5.74, 6) is 1.86. The molecule has 1 fully saturated rings. The quantitative estimate of drug-likeness (QED) is 0.355. The molecule has 182 valence electrons. The average Bonchev–Trinajstić information content (AvgIpc) is 3.18. The van der Waals surface area contributed by atoms with Gasteiger partial charge in [-0.3, -0.25) is 14.1 Å². The van der Waals surface area contributed by atoms with Gasteiger partial charge in [-0.15, -0.1) is 5.10 Å². The Balaban J connectivity index is 1.48. The number of imidazole rings is 1. The van der Waals surface area contributed by atoms with Gasteiger partial charge in [-0.25, -0.2) is 9.89 Å². The number of unbranched alkanes of at least 4 members (excludes halogenated alkanes) is 1. The minimum atomic E-state index is 0.110. The standard InChI is InChI=1S/C27H33N7O/c1-4-7-8-21-17-34(25-22(5-2)23(25)6-3)27(35)33(21)16-20-15-28-14-13-24(20)18-9-11-19(12-10-18)26-29-31-32-30-26/h9-15,17,22-23,25H,4-8,16H2,1-3H3,(H,29,30,31,32). The van der Waals surface area contributed by atoms with Crippen LogP contribution in [0.25, 0.3) is 22.5 Å². The van der Waals surface area contributed by atoms with Crippen LogP contribution in [0.15, 0.2) is 53.7 Å². The van der Waals surface area contributed by atoms with E-state index in [-0.39, 0.29) is 5.69 Å². The molecule has 0 aliphatic heterocycles. The lowest BCUT2D eigenvalue weighted by Gasteiger charge is -2.12. The van der Waals surface area contributed by atoms with Crippen LogP contribution in [0.3, 0.4) is 0 Å². The van der Waals surface area contributed by atoms with E-state index in [4.69, 9.17) is 0 Å². The Kier molecular flexibility index (Phi) is 6.61. The Bertz CT molecular complexity index is 1310. The van der Waals surface area contributed by atoms with Crippen LogP contribution in [-0.2, 0) is 13.0 Å². The summed E-state index contributed by atoms with van der Waals surface area (Å²) in [6.45, 7) is 7.18. The molecule has 1 N–H and O–H groups in total. The third-order valence-corrected chi connectivity index (χ3v) is 7.47. The Morgan fingerprint density at radius 3 is 2.40 bits per heavy atom. The SMILES string of the molecule is CCCCc1cn(C2C(CC)C2CC)c(=O)n1Cc1cnccc1-c1ccc(-c2nnn[nH]2)cc1. The Labute approximate surface area is 205 Å². The predicted molar refractivity (Wildman–Crippen MR) is 136 cm³/mol. The molecule has 1 aliphatic rings. The monoisotopic (exact) mass is 471 g/mol. The number of aryl methyl sites for hydroxylation is 1.